The molecule has 1 aromatic carbocycles. The normalized spacial score (nSPS) is 13.6. The van der Waals surface area contributed by atoms with Gasteiger partial charge in [-0.05, 0) is 43.2 Å². The number of pyridine rings is 1. The Labute approximate surface area is 222 Å². The smallest absolute Gasteiger partial charge is 0.407 e. The number of nitrogens with zero attached hydrogens (tertiary/aromatic N) is 4. The van der Waals surface area contributed by atoms with Gasteiger partial charge in [0.1, 0.15) is 5.75 Å². The summed E-state index contributed by atoms with van der Waals surface area (Å²) in [6.07, 6.45) is 2.56. The monoisotopic (exact) mass is 539 g/mol. The minimum atomic E-state index is -0.883. The van der Waals surface area contributed by atoms with Gasteiger partial charge in [0.05, 0.1) is 30.9 Å². The number of ether oxygens (including phenoxy) is 2. The molecule has 4 rings (SSSR count). The van der Waals surface area contributed by atoms with Gasteiger partial charge in [0.2, 0.25) is 0 Å². The third-order valence-corrected chi connectivity index (χ3v) is 7.51. The summed E-state index contributed by atoms with van der Waals surface area (Å²) in [5, 5.41) is 24.1. The van der Waals surface area contributed by atoms with E-state index in [1.807, 2.05) is 11.4 Å². The molecule has 1 aliphatic heterocycles. The number of thioether (sulfide) groups is 1. The van der Waals surface area contributed by atoms with Gasteiger partial charge in [-0.1, -0.05) is 0 Å². The van der Waals surface area contributed by atoms with Gasteiger partial charge in [0, 0.05) is 41.2 Å². The molecule has 0 aliphatic carbocycles. The number of carboxylic acid groups (broad SMARTS) is 1. The molecule has 1 saturated heterocycles. The average molecular weight is 540 g/mol. The van der Waals surface area contributed by atoms with Gasteiger partial charge in [-0.15, -0.1) is 23.1 Å². The van der Waals surface area contributed by atoms with E-state index in [1.54, 1.807) is 30.5 Å². The van der Waals surface area contributed by atoms with E-state index in [1.165, 1.54) is 35.1 Å². The molecular formula is C25H25N5O5S2. The first-order valence-electron chi connectivity index (χ1n) is 11.5. The van der Waals surface area contributed by atoms with Crippen molar-refractivity contribution in [2.45, 2.75) is 30.1 Å². The van der Waals surface area contributed by atoms with Crippen LogP contribution in [0.1, 0.15) is 36.4 Å². The molecule has 192 valence electrons. The summed E-state index contributed by atoms with van der Waals surface area (Å²) >= 11 is 2.91. The molecule has 12 heteroatoms. The number of rotatable bonds is 9. The van der Waals surface area contributed by atoms with Crippen LogP contribution in [0.2, 0.25) is 0 Å². The lowest BCUT2D eigenvalue weighted by Gasteiger charge is -2.28. The lowest BCUT2D eigenvalue weighted by molar-refractivity contribution is -0.140. The Hall–Kier alpha value is -3.82. The summed E-state index contributed by atoms with van der Waals surface area (Å²) in [5.74, 6) is 1.96. The molecule has 0 spiro atoms. The Morgan fingerprint density at radius 2 is 2.05 bits per heavy atom. The molecule has 1 amide bonds. The number of piperidine rings is 1. The molecule has 3 heterocycles. The van der Waals surface area contributed by atoms with E-state index in [-0.39, 0.29) is 18.3 Å². The fourth-order valence-corrected chi connectivity index (χ4v) is 5.37. The predicted molar refractivity (Wildman–Crippen MR) is 140 cm³/mol. The summed E-state index contributed by atoms with van der Waals surface area (Å²) in [5.41, 5.74) is 1.46. The van der Waals surface area contributed by atoms with Crippen LogP contribution in [0.3, 0.4) is 0 Å². The highest BCUT2D eigenvalue weighted by Crippen LogP contribution is 2.36. The molecule has 1 fully saturated rings. The molecule has 37 heavy (non-hydrogen) atoms. The van der Waals surface area contributed by atoms with Gasteiger partial charge in [0.15, 0.2) is 16.7 Å². The second kappa shape index (κ2) is 12.4. The van der Waals surface area contributed by atoms with Gasteiger partial charge in [-0.2, -0.15) is 5.26 Å². The lowest BCUT2D eigenvalue weighted by Crippen LogP contribution is -2.36. The third kappa shape index (κ3) is 7.12. The predicted octanol–water partition coefficient (Wildman–Crippen LogP) is 5.46. The van der Waals surface area contributed by atoms with Crippen LogP contribution in [-0.2, 0) is 9.53 Å². The maximum absolute atomic E-state index is 11.4. The van der Waals surface area contributed by atoms with Crippen LogP contribution in [0.4, 0.5) is 15.7 Å². The van der Waals surface area contributed by atoms with E-state index in [0.717, 1.165) is 23.4 Å². The number of methoxy groups -OCH3 is 1. The second-order valence-electron chi connectivity index (χ2n) is 8.18. The number of aromatic nitrogens is 2. The number of amides is 1. The first-order valence-corrected chi connectivity index (χ1v) is 13.4. The number of esters is 1. The molecule has 0 radical (unpaired) electrons. The first-order chi connectivity index (χ1) is 17.9. The molecule has 2 aromatic heterocycles. The molecular weight excluding hydrogens is 514 g/mol. The molecule has 0 unspecified atom stereocenters. The average Bonchev–Trinajstić information content (AvgIpc) is 3.39. The van der Waals surface area contributed by atoms with Gasteiger partial charge < -0.3 is 24.8 Å². The van der Waals surface area contributed by atoms with Crippen molar-refractivity contribution in [1.82, 2.24) is 14.9 Å². The highest BCUT2D eigenvalue weighted by molar-refractivity contribution is 7.99. The van der Waals surface area contributed by atoms with Crippen molar-refractivity contribution in [3.63, 3.8) is 0 Å². The van der Waals surface area contributed by atoms with Crippen LogP contribution in [0.5, 0.6) is 11.5 Å². The molecule has 3 aromatic rings. The summed E-state index contributed by atoms with van der Waals surface area (Å²) < 4.78 is 10.8. The number of nitrogens with one attached hydrogen (secondary N) is 1. The van der Waals surface area contributed by atoms with E-state index in [2.05, 4.69) is 16.4 Å². The van der Waals surface area contributed by atoms with Crippen LogP contribution in [0.15, 0.2) is 46.8 Å². The van der Waals surface area contributed by atoms with Crippen LogP contribution in [0.25, 0.3) is 0 Å². The number of anilines is 2. The second-order valence-corrected chi connectivity index (χ2v) is 10.2. The molecule has 1 aliphatic rings. The fraction of sp³-hybridized carbons (Fsp3) is 0.320. The SMILES string of the molecule is COC(=O)CCSc1cnc(Nc2nc(C3CCN(C(=O)O)CC3)cs2)c(Oc2ccc(C#N)cc2)c1. The third-order valence-electron chi connectivity index (χ3n) is 5.77. The van der Waals surface area contributed by atoms with Crippen LogP contribution < -0.4 is 10.1 Å². The first kappa shape index (κ1) is 26.2. The number of hydrogen-bond donors (Lipinski definition) is 2. The Kier molecular flexibility index (Phi) is 8.81. The van der Waals surface area contributed by atoms with Crippen LogP contribution >= 0.6 is 23.1 Å². The Morgan fingerprint density at radius 1 is 1.30 bits per heavy atom. The van der Waals surface area contributed by atoms with Gasteiger partial charge >= 0.3 is 12.1 Å². The van der Waals surface area contributed by atoms with Crippen molar-refractivity contribution in [2.75, 3.05) is 31.3 Å². The van der Waals surface area contributed by atoms with E-state index >= 15 is 0 Å². The van der Waals surface area contributed by atoms with Crippen molar-refractivity contribution >= 4 is 46.1 Å². The quantitative estimate of drug-likeness (QED) is 0.266. The lowest BCUT2D eigenvalue weighted by atomic mass is 9.94. The van der Waals surface area contributed by atoms with Gasteiger partial charge in [-0.25, -0.2) is 14.8 Å². The number of carbonyl (C=O) groups is 2. The molecule has 2 N–H and O–H groups in total. The minimum Gasteiger partial charge on any atom is -0.469 e. The topological polar surface area (TPSA) is 138 Å². The molecule has 0 atom stereocenters. The van der Waals surface area contributed by atoms with Crippen LogP contribution in [-0.4, -0.2) is 58.0 Å². The maximum Gasteiger partial charge on any atom is 0.407 e. The maximum atomic E-state index is 11.4. The summed E-state index contributed by atoms with van der Waals surface area (Å²) in [6, 6.07) is 10.7. The number of hydrogen-bond acceptors (Lipinski definition) is 10. The van der Waals surface area contributed by atoms with Crippen molar-refractivity contribution in [3.8, 4) is 17.6 Å². The Bertz CT molecular complexity index is 1280. The van der Waals surface area contributed by atoms with Crippen molar-refractivity contribution in [3.05, 3.63) is 53.2 Å². The van der Waals surface area contributed by atoms with E-state index in [9.17, 15) is 14.7 Å². The zero-order chi connectivity index (χ0) is 26.2. The molecule has 10 nitrogen and oxygen atoms in total. The largest absolute Gasteiger partial charge is 0.469 e. The van der Waals surface area contributed by atoms with Crippen molar-refractivity contribution < 1.29 is 24.2 Å². The number of nitriles is 1. The van der Waals surface area contributed by atoms with Crippen molar-refractivity contribution in [2.24, 2.45) is 0 Å². The minimum absolute atomic E-state index is 0.207. The van der Waals surface area contributed by atoms with E-state index in [4.69, 9.17) is 19.7 Å². The van der Waals surface area contributed by atoms with Gasteiger partial charge in [-0.3, -0.25) is 4.79 Å². The van der Waals surface area contributed by atoms with E-state index < -0.39 is 6.09 Å². The standard InChI is InChI=1S/C25H25N5O5S2/c1-34-22(31)8-11-36-19-12-21(35-18-4-2-16(13-26)3-5-18)23(27-14-19)29-24-28-20(15-37-24)17-6-9-30(10-7-17)25(32)33/h2-5,12,14-15,17H,6-11H2,1H3,(H,32,33)(H,27,28,29). The zero-order valence-corrected chi connectivity index (χ0v) is 21.7. The van der Waals surface area contributed by atoms with Crippen LogP contribution in [0, 0.1) is 11.3 Å². The van der Waals surface area contributed by atoms with Crippen molar-refractivity contribution in [1.29, 1.82) is 5.26 Å². The number of likely N-dealkylation sites (tertiary alicyclic amines) is 1. The fourth-order valence-electron chi connectivity index (χ4n) is 3.75. The van der Waals surface area contributed by atoms with E-state index in [0.29, 0.717) is 46.9 Å². The highest BCUT2D eigenvalue weighted by atomic mass is 32.2. The Morgan fingerprint density at radius 3 is 2.73 bits per heavy atom. The summed E-state index contributed by atoms with van der Waals surface area (Å²) in [7, 11) is 1.36. The number of carbonyl (C=O) groups excluding carboxylic acids is 1. The number of thiazole rings is 1. The molecule has 0 bridgehead atoms. The molecule has 0 saturated carbocycles. The Balaban J connectivity index is 1.49. The highest BCUT2D eigenvalue weighted by Gasteiger charge is 2.25. The number of benzene rings is 1. The van der Waals surface area contributed by atoms with Gasteiger partial charge in [0.25, 0.3) is 0 Å². The zero-order valence-electron chi connectivity index (χ0n) is 20.0. The summed E-state index contributed by atoms with van der Waals surface area (Å²) in [4.78, 5) is 34.1. The summed E-state index contributed by atoms with van der Waals surface area (Å²) in [6.45, 7) is 0.999.